The molecule has 2 aromatic rings. The van der Waals surface area contributed by atoms with Gasteiger partial charge in [-0.3, -0.25) is 0 Å². The number of nitrogens with one attached hydrogen (secondary N) is 1. The van der Waals surface area contributed by atoms with Crippen LogP contribution in [0.5, 0.6) is 0 Å². The molecule has 0 aliphatic heterocycles. The SMILES string of the molecule is Brc1ccccc1NCc1sccc1Br. The van der Waals surface area contributed by atoms with E-state index in [-0.39, 0.29) is 0 Å². The summed E-state index contributed by atoms with van der Waals surface area (Å²) in [5.74, 6) is 0. The Morgan fingerprint density at radius 1 is 1.07 bits per heavy atom. The molecule has 15 heavy (non-hydrogen) atoms. The summed E-state index contributed by atoms with van der Waals surface area (Å²) in [5, 5.41) is 5.47. The molecule has 1 N–H and O–H groups in total. The van der Waals surface area contributed by atoms with Crippen LogP contribution in [0.15, 0.2) is 44.7 Å². The van der Waals surface area contributed by atoms with Gasteiger partial charge in [-0.25, -0.2) is 0 Å². The lowest BCUT2D eigenvalue weighted by Gasteiger charge is -2.07. The van der Waals surface area contributed by atoms with Crippen LogP contribution in [0.1, 0.15) is 4.88 Å². The molecule has 0 bridgehead atoms. The van der Waals surface area contributed by atoms with Crippen LogP contribution in [0.25, 0.3) is 0 Å². The van der Waals surface area contributed by atoms with Crippen molar-refractivity contribution >= 4 is 48.9 Å². The largest absolute Gasteiger partial charge is 0.379 e. The Bertz CT molecular complexity index is 453. The van der Waals surface area contributed by atoms with Gasteiger partial charge in [0.25, 0.3) is 0 Å². The fourth-order valence-electron chi connectivity index (χ4n) is 1.23. The highest BCUT2D eigenvalue weighted by molar-refractivity contribution is 9.11. The fraction of sp³-hybridized carbons (Fsp3) is 0.0909. The van der Waals surface area contributed by atoms with Crippen LogP contribution in [0.3, 0.4) is 0 Å². The van der Waals surface area contributed by atoms with Crippen molar-refractivity contribution < 1.29 is 0 Å². The predicted molar refractivity (Wildman–Crippen MR) is 73.5 cm³/mol. The zero-order valence-electron chi connectivity index (χ0n) is 7.84. The Hall–Kier alpha value is -0.320. The van der Waals surface area contributed by atoms with E-state index in [0.717, 1.165) is 16.7 Å². The molecule has 0 spiro atoms. The second kappa shape index (κ2) is 5.14. The smallest absolute Gasteiger partial charge is 0.0505 e. The van der Waals surface area contributed by atoms with Gasteiger partial charge in [-0.05, 0) is 55.4 Å². The van der Waals surface area contributed by atoms with Crippen molar-refractivity contribution in [2.24, 2.45) is 0 Å². The molecule has 0 radical (unpaired) electrons. The minimum absolute atomic E-state index is 0.848. The van der Waals surface area contributed by atoms with Gasteiger partial charge in [0, 0.05) is 19.5 Å². The maximum absolute atomic E-state index is 3.52. The third-order valence-corrected chi connectivity index (χ3v) is 4.62. The molecular weight excluding hydrogens is 338 g/mol. The molecule has 1 nitrogen and oxygen atoms in total. The number of hydrogen-bond acceptors (Lipinski definition) is 2. The molecule has 0 atom stereocenters. The molecule has 78 valence electrons. The Morgan fingerprint density at radius 3 is 2.53 bits per heavy atom. The van der Waals surface area contributed by atoms with Gasteiger partial charge in [0.05, 0.1) is 6.54 Å². The van der Waals surface area contributed by atoms with Gasteiger partial charge in [-0.2, -0.15) is 0 Å². The van der Waals surface area contributed by atoms with Gasteiger partial charge in [0.2, 0.25) is 0 Å². The molecule has 1 aromatic carbocycles. The summed E-state index contributed by atoms with van der Waals surface area (Å²) in [7, 11) is 0. The summed E-state index contributed by atoms with van der Waals surface area (Å²) in [6, 6.07) is 10.2. The van der Waals surface area contributed by atoms with Crippen LogP contribution in [-0.4, -0.2) is 0 Å². The number of hydrogen-bond donors (Lipinski definition) is 1. The topological polar surface area (TPSA) is 12.0 Å². The number of rotatable bonds is 3. The van der Waals surface area contributed by atoms with E-state index in [1.54, 1.807) is 11.3 Å². The van der Waals surface area contributed by atoms with E-state index in [1.807, 2.05) is 18.2 Å². The molecule has 0 aliphatic carbocycles. The van der Waals surface area contributed by atoms with Crippen LogP contribution < -0.4 is 5.32 Å². The Labute approximate surface area is 110 Å². The molecule has 1 heterocycles. The highest BCUT2D eigenvalue weighted by Gasteiger charge is 2.02. The monoisotopic (exact) mass is 345 g/mol. The van der Waals surface area contributed by atoms with Gasteiger partial charge in [0.15, 0.2) is 0 Å². The van der Waals surface area contributed by atoms with E-state index in [2.05, 4.69) is 54.7 Å². The van der Waals surface area contributed by atoms with Crippen molar-refractivity contribution in [1.82, 2.24) is 0 Å². The van der Waals surface area contributed by atoms with E-state index in [9.17, 15) is 0 Å². The van der Waals surface area contributed by atoms with Crippen molar-refractivity contribution in [3.8, 4) is 0 Å². The highest BCUT2D eigenvalue weighted by atomic mass is 79.9. The lowest BCUT2D eigenvalue weighted by atomic mass is 10.3. The highest BCUT2D eigenvalue weighted by Crippen LogP contribution is 2.26. The van der Waals surface area contributed by atoms with Crippen molar-refractivity contribution in [2.45, 2.75) is 6.54 Å². The normalized spacial score (nSPS) is 10.3. The first-order valence-corrected chi connectivity index (χ1v) is 6.94. The van der Waals surface area contributed by atoms with Crippen LogP contribution >= 0.6 is 43.2 Å². The van der Waals surface area contributed by atoms with Crippen LogP contribution in [-0.2, 0) is 6.54 Å². The molecule has 4 heteroatoms. The zero-order valence-corrected chi connectivity index (χ0v) is 11.8. The molecule has 2 rings (SSSR count). The lowest BCUT2D eigenvalue weighted by molar-refractivity contribution is 1.18. The van der Waals surface area contributed by atoms with Gasteiger partial charge >= 0.3 is 0 Å². The first-order chi connectivity index (χ1) is 7.27. The first kappa shape index (κ1) is 11.2. The van der Waals surface area contributed by atoms with Crippen molar-refractivity contribution in [1.29, 1.82) is 0 Å². The second-order valence-corrected chi connectivity index (χ2v) is 5.73. The van der Waals surface area contributed by atoms with Crippen LogP contribution in [0.4, 0.5) is 5.69 Å². The zero-order chi connectivity index (χ0) is 10.7. The van der Waals surface area contributed by atoms with Crippen LogP contribution in [0.2, 0.25) is 0 Å². The first-order valence-electron chi connectivity index (χ1n) is 4.47. The average Bonchev–Trinajstić information content (AvgIpc) is 2.63. The number of para-hydroxylation sites is 1. The van der Waals surface area contributed by atoms with E-state index in [1.165, 1.54) is 9.35 Å². The summed E-state index contributed by atoms with van der Waals surface area (Å²) in [4.78, 5) is 1.31. The summed E-state index contributed by atoms with van der Waals surface area (Å²) in [6.45, 7) is 0.848. The summed E-state index contributed by atoms with van der Waals surface area (Å²) < 4.78 is 2.27. The standard InChI is InChI=1S/C11H9Br2NS/c12-8-3-1-2-4-10(8)14-7-11-9(13)5-6-15-11/h1-6,14H,7H2. The predicted octanol–water partition coefficient (Wildman–Crippen LogP) is 4.89. The third kappa shape index (κ3) is 2.83. The lowest BCUT2D eigenvalue weighted by Crippen LogP contribution is -1.98. The molecular formula is C11H9Br2NS. The minimum Gasteiger partial charge on any atom is -0.379 e. The molecule has 0 amide bonds. The second-order valence-electron chi connectivity index (χ2n) is 3.03. The minimum atomic E-state index is 0.848. The van der Waals surface area contributed by atoms with Gasteiger partial charge < -0.3 is 5.32 Å². The van der Waals surface area contributed by atoms with Gasteiger partial charge in [-0.15, -0.1) is 11.3 Å². The molecule has 1 aromatic heterocycles. The average molecular weight is 347 g/mol. The van der Waals surface area contributed by atoms with Gasteiger partial charge in [0.1, 0.15) is 0 Å². The number of benzene rings is 1. The third-order valence-electron chi connectivity index (χ3n) is 2.00. The summed E-state index contributed by atoms with van der Waals surface area (Å²) in [5.41, 5.74) is 1.12. The number of halogens is 2. The quantitative estimate of drug-likeness (QED) is 0.834. The van der Waals surface area contributed by atoms with Crippen molar-refractivity contribution in [3.63, 3.8) is 0 Å². The summed E-state index contributed by atoms with van der Waals surface area (Å²) in [6.07, 6.45) is 0. The maximum atomic E-state index is 3.52. The Kier molecular flexibility index (Phi) is 3.83. The molecule has 0 unspecified atom stereocenters. The van der Waals surface area contributed by atoms with Gasteiger partial charge in [-0.1, -0.05) is 12.1 Å². The van der Waals surface area contributed by atoms with Crippen molar-refractivity contribution in [3.05, 3.63) is 49.5 Å². The fourth-order valence-corrected chi connectivity index (χ4v) is 3.09. The molecule has 0 saturated heterocycles. The van der Waals surface area contributed by atoms with E-state index in [0.29, 0.717) is 0 Å². The van der Waals surface area contributed by atoms with E-state index < -0.39 is 0 Å². The maximum Gasteiger partial charge on any atom is 0.0505 e. The summed E-state index contributed by atoms with van der Waals surface area (Å²) >= 11 is 8.78. The van der Waals surface area contributed by atoms with E-state index >= 15 is 0 Å². The van der Waals surface area contributed by atoms with E-state index in [4.69, 9.17) is 0 Å². The molecule has 0 aliphatic rings. The van der Waals surface area contributed by atoms with Crippen molar-refractivity contribution in [2.75, 3.05) is 5.32 Å². The van der Waals surface area contributed by atoms with Crippen LogP contribution in [0, 0.1) is 0 Å². The molecule has 0 saturated carbocycles. The number of thiophene rings is 1. The Morgan fingerprint density at radius 2 is 1.87 bits per heavy atom. The number of anilines is 1. The Balaban J connectivity index is 2.06. The molecule has 0 fully saturated rings.